The number of aromatic nitrogens is 3. The molecular formula is C12H15N5O. The van der Waals surface area contributed by atoms with Crippen LogP contribution in [0.4, 0.5) is 11.4 Å². The average molecular weight is 245 g/mol. The van der Waals surface area contributed by atoms with Crippen molar-refractivity contribution in [3.05, 3.63) is 24.8 Å². The number of nitrogens with zero attached hydrogens (tertiary/aromatic N) is 4. The molecule has 0 fully saturated rings. The monoisotopic (exact) mass is 245 g/mol. The van der Waals surface area contributed by atoms with Gasteiger partial charge in [-0.1, -0.05) is 0 Å². The summed E-state index contributed by atoms with van der Waals surface area (Å²) >= 11 is 0. The molecule has 0 atom stereocenters. The Kier molecular flexibility index (Phi) is 3.27. The Morgan fingerprint density at radius 2 is 1.83 bits per heavy atom. The average Bonchev–Trinajstić information content (AvgIpc) is 2.38. The predicted octanol–water partition coefficient (Wildman–Crippen LogP) is 1.20. The van der Waals surface area contributed by atoms with Crippen LogP contribution in [0.15, 0.2) is 24.8 Å². The Hall–Kier alpha value is -2.37. The van der Waals surface area contributed by atoms with Gasteiger partial charge in [-0.2, -0.15) is 0 Å². The highest BCUT2D eigenvalue weighted by molar-refractivity contribution is 5.81. The first-order valence-electron chi connectivity index (χ1n) is 5.40. The number of benzene rings is 1. The summed E-state index contributed by atoms with van der Waals surface area (Å²) < 4.78 is 5.36. The van der Waals surface area contributed by atoms with E-state index in [0.29, 0.717) is 22.8 Å². The highest BCUT2D eigenvalue weighted by Crippen LogP contribution is 2.36. The summed E-state index contributed by atoms with van der Waals surface area (Å²) in [5.41, 5.74) is 8.28. The topological polar surface area (TPSA) is 77.2 Å². The molecule has 6 heteroatoms. The number of methoxy groups -OCH3 is 1. The zero-order valence-electron chi connectivity index (χ0n) is 10.6. The van der Waals surface area contributed by atoms with Gasteiger partial charge in [-0.3, -0.25) is 0 Å². The lowest BCUT2D eigenvalue weighted by atomic mass is 10.1. The van der Waals surface area contributed by atoms with Crippen molar-refractivity contribution in [2.24, 2.45) is 0 Å². The Balaban J connectivity index is 2.61. The fraction of sp³-hybridized carbons (Fsp3) is 0.250. The number of nitrogen functional groups attached to an aromatic ring is 1. The van der Waals surface area contributed by atoms with E-state index < -0.39 is 0 Å². The first kappa shape index (κ1) is 12.1. The summed E-state index contributed by atoms with van der Waals surface area (Å²) in [6.45, 7) is 0. The number of rotatable bonds is 3. The van der Waals surface area contributed by atoms with Crippen molar-refractivity contribution < 1.29 is 4.74 Å². The first-order valence-corrected chi connectivity index (χ1v) is 5.40. The molecule has 0 radical (unpaired) electrons. The summed E-state index contributed by atoms with van der Waals surface area (Å²) in [7, 11) is 5.48. The van der Waals surface area contributed by atoms with Crippen LogP contribution < -0.4 is 15.4 Å². The predicted molar refractivity (Wildman–Crippen MR) is 70.6 cm³/mol. The number of anilines is 2. The largest absolute Gasteiger partial charge is 0.496 e. The molecule has 2 N–H and O–H groups in total. The Morgan fingerprint density at radius 1 is 1.17 bits per heavy atom. The van der Waals surface area contributed by atoms with Gasteiger partial charge in [-0.05, 0) is 6.07 Å². The van der Waals surface area contributed by atoms with Gasteiger partial charge in [0.25, 0.3) is 0 Å². The zero-order chi connectivity index (χ0) is 13.1. The Bertz CT molecular complexity index is 542. The molecule has 0 unspecified atom stereocenters. The van der Waals surface area contributed by atoms with E-state index >= 15 is 0 Å². The Morgan fingerprint density at radius 3 is 2.39 bits per heavy atom. The standard InChI is InChI=1S/C12H15N5O/c1-17(2)8-4-9(13)11(10(5-8)18-3)12-15-6-14-7-16-12/h4-7H,13H2,1-3H3. The minimum absolute atomic E-state index is 0.504. The molecule has 0 aliphatic heterocycles. The van der Waals surface area contributed by atoms with Crippen LogP contribution in [-0.2, 0) is 0 Å². The minimum atomic E-state index is 0.504. The molecule has 1 heterocycles. The van der Waals surface area contributed by atoms with Crippen LogP contribution in [-0.4, -0.2) is 36.2 Å². The fourth-order valence-electron chi connectivity index (χ4n) is 1.65. The van der Waals surface area contributed by atoms with Gasteiger partial charge < -0.3 is 15.4 Å². The van der Waals surface area contributed by atoms with Crippen LogP contribution in [0.2, 0.25) is 0 Å². The highest BCUT2D eigenvalue weighted by Gasteiger charge is 2.14. The van der Waals surface area contributed by atoms with Gasteiger partial charge in [0.05, 0.1) is 12.7 Å². The molecule has 0 amide bonds. The van der Waals surface area contributed by atoms with Gasteiger partial charge in [-0.15, -0.1) is 0 Å². The first-order chi connectivity index (χ1) is 8.63. The molecule has 1 aromatic carbocycles. The van der Waals surface area contributed by atoms with Crippen LogP contribution in [0, 0.1) is 0 Å². The molecule has 0 saturated heterocycles. The highest BCUT2D eigenvalue weighted by atomic mass is 16.5. The summed E-state index contributed by atoms with van der Waals surface area (Å²) in [5, 5.41) is 0. The van der Waals surface area contributed by atoms with E-state index in [0.717, 1.165) is 5.69 Å². The van der Waals surface area contributed by atoms with Crippen molar-refractivity contribution in [2.75, 3.05) is 31.8 Å². The smallest absolute Gasteiger partial charge is 0.168 e. The van der Waals surface area contributed by atoms with Gasteiger partial charge in [0.1, 0.15) is 18.4 Å². The van der Waals surface area contributed by atoms with Gasteiger partial charge >= 0.3 is 0 Å². The van der Waals surface area contributed by atoms with E-state index in [9.17, 15) is 0 Å². The second-order valence-electron chi connectivity index (χ2n) is 3.97. The summed E-state index contributed by atoms with van der Waals surface area (Å²) in [6, 6.07) is 3.76. The van der Waals surface area contributed by atoms with Crippen molar-refractivity contribution in [1.82, 2.24) is 15.0 Å². The lowest BCUT2D eigenvalue weighted by Gasteiger charge is -2.17. The van der Waals surface area contributed by atoms with Crippen LogP contribution in [0.25, 0.3) is 11.4 Å². The minimum Gasteiger partial charge on any atom is -0.496 e. The Labute approximate surface area is 105 Å². The van der Waals surface area contributed by atoms with Crippen molar-refractivity contribution >= 4 is 11.4 Å². The van der Waals surface area contributed by atoms with E-state index in [1.165, 1.54) is 12.7 Å². The molecule has 1 aromatic heterocycles. The molecule has 0 bridgehead atoms. The summed E-state index contributed by atoms with van der Waals surface area (Å²) in [6.07, 6.45) is 2.86. The van der Waals surface area contributed by atoms with E-state index in [1.54, 1.807) is 7.11 Å². The maximum atomic E-state index is 6.06. The fourth-order valence-corrected chi connectivity index (χ4v) is 1.65. The third kappa shape index (κ3) is 2.17. The molecule has 0 aliphatic carbocycles. The van der Waals surface area contributed by atoms with Crippen LogP contribution >= 0.6 is 0 Å². The zero-order valence-corrected chi connectivity index (χ0v) is 10.6. The second kappa shape index (κ2) is 4.87. The van der Waals surface area contributed by atoms with Crippen molar-refractivity contribution in [2.45, 2.75) is 0 Å². The molecule has 2 aromatic rings. The van der Waals surface area contributed by atoms with Gasteiger partial charge in [0.2, 0.25) is 0 Å². The maximum Gasteiger partial charge on any atom is 0.168 e. The maximum absolute atomic E-state index is 6.06. The molecule has 0 aliphatic rings. The van der Waals surface area contributed by atoms with Crippen LogP contribution in [0.5, 0.6) is 5.75 Å². The molecular weight excluding hydrogens is 230 g/mol. The van der Waals surface area contributed by atoms with Gasteiger partial charge in [0, 0.05) is 31.5 Å². The van der Waals surface area contributed by atoms with E-state index in [-0.39, 0.29) is 0 Å². The lowest BCUT2D eigenvalue weighted by Crippen LogP contribution is -2.10. The molecule has 0 spiro atoms. The summed E-state index contributed by atoms with van der Waals surface area (Å²) in [4.78, 5) is 13.9. The molecule has 6 nitrogen and oxygen atoms in total. The van der Waals surface area contributed by atoms with Crippen LogP contribution in [0.1, 0.15) is 0 Å². The van der Waals surface area contributed by atoms with Gasteiger partial charge in [-0.25, -0.2) is 15.0 Å². The molecule has 0 saturated carbocycles. The van der Waals surface area contributed by atoms with Crippen molar-refractivity contribution in [1.29, 1.82) is 0 Å². The van der Waals surface area contributed by atoms with Crippen LogP contribution in [0.3, 0.4) is 0 Å². The lowest BCUT2D eigenvalue weighted by molar-refractivity contribution is 0.416. The number of hydrogen-bond donors (Lipinski definition) is 1. The molecule has 18 heavy (non-hydrogen) atoms. The molecule has 94 valence electrons. The third-order valence-corrected chi connectivity index (χ3v) is 2.57. The number of nitrogens with two attached hydrogens (primary N) is 1. The number of hydrogen-bond acceptors (Lipinski definition) is 6. The van der Waals surface area contributed by atoms with Gasteiger partial charge in [0.15, 0.2) is 5.82 Å². The molecule has 2 rings (SSSR count). The second-order valence-corrected chi connectivity index (χ2v) is 3.97. The van der Waals surface area contributed by atoms with E-state index in [4.69, 9.17) is 10.5 Å². The van der Waals surface area contributed by atoms with E-state index in [2.05, 4.69) is 15.0 Å². The normalized spacial score (nSPS) is 10.2. The van der Waals surface area contributed by atoms with Crippen molar-refractivity contribution in [3.63, 3.8) is 0 Å². The quantitative estimate of drug-likeness (QED) is 0.819. The van der Waals surface area contributed by atoms with Crippen molar-refractivity contribution in [3.8, 4) is 17.1 Å². The number of ether oxygens (including phenoxy) is 1. The SMILES string of the molecule is COc1cc(N(C)C)cc(N)c1-c1ncncn1. The summed E-state index contributed by atoms with van der Waals surface area (Å²) in [5.74, 6) is 1.15. The van der Waals surface area contributed by atoms with E-state index in [1.807, 2.05) is 31.1 Å². The third-order valence-electron chi connectivity index (χ3n) is 2.57.